The van der Waals surface area contributed by atoms with Gasteiger partial charge in [-0.1, -0.05) is 0 Å². The maximum atomic E-state index is 12.1. The first-order valence-electron chi connectivity index (χ1n) is 7.35. The molecule has 0 radical (unpaired) electrons. The SMILES string of the molecule is Cc1nc(CCCNC(=O)[C@H]2C[C@H]2c2ccc(C)s2)n[nH]1. The molecule has 2 atom stereocenters. The van der Waals surface area contributed by atoms with Crippen molar-refractivity contribution in [3.05, 3.63) is 33.5 Å². The third-order valence-corrected chi connectivity index (χ3v) is 4.91. The van der Waals surface area contributed by atoms with Gasteiger partial charge in [-0.2, -0.15) is 5.10 Å². The van der Waals surface area contributed by atoms with Crippen LogP contribution in [0.15, 0.2) is 12.1 Å². The number of amides is 1. The minimum Gasteiger partial charge on any atom is -0.356 e. The van der Waals surface area contributed by atoms with Crippen molar-refractivity contribution in [3.63, 3.8) is 0 Å². The van der Waals surface area contributed by atoms with Gasteiger partial charge < -0.3 is 5.32 Å². The van der Waals surface area contributed by atoms with Crippen LogP contribution in [-0.2, 0) is 11.2 Å². The number of nitrogens with one attached hydrogen (secondary N) is 2. The number of H-pyrrole nitrogens is 1. The number of nitrogens with zero attached hydrogens (tertiary/aromatic N) is 2. The average Bonchev–Trinajstić information content (AvgIpc) is 2.98. The maximum Gasteiger partial charge on any atom is 0.223 e. The van der Waals surface area contributed by atoms with Crippen molar-refractivity contribution in [1.29, 1.82) is 0 Å². The lowest BCUT2D eigenvalue weighted by atomic mass is 10.2. The predicted molar refractivity (Wildman–Crippen MR) is 82.4 cm³/mol. The van der Waals surface area contributed by atoms with Crippen LogP contribution in [0.5, 0.6) is 0 Å². The van der Waals surface area contributed by atoms with E-state index in [2.05, 4.69) is 39.6 Å². The van der Waals surface area contributed by atoms with E-state index < -0.39 is 0 Å². The van der Waals surface area contributed by atoms with Crippen molar-refractivity contribution in [1.82, 2.24) is 20.5 Å². The zero-order chi connectivity index (χ0) is 14.8. The second-order valence-electron chi connectivity index (χ2n) is 5.63. The number of carbonyl (C=O) groups is 1. The third kappa shape index (κ3) is 3.50. The molecule has 0 bridgehead atoms. The molecule has 1 saturated carbocycles. The van der Waals surface area contributed by atoms with E-state index in [0.29, 0.717) is 12.5 Å². The van der Waals surface area contributed by atoms with E-state index in [0.717, 1.165) is 30.9 Å². The molecule has 0 unspecified atom stereocenters. The van der Waals surface area contributed by atoms with Crippen molar-refractivity contribution in [3.8, 4) is 0 Å². The average molecular weight is 304 g/mol. The number of aromatic amines is 1. The van der Waals surface area contributed by atoms with Gasteiger partial charge in [-0.3, -0.25) is 9.89 Å². The number of thiophene rings is 1. The van der Waals surface area contributed by atoms with Crippen molar-refractivity contribution in [2.45, 2.75) is 39.0 Å². The lowest BCUT2D eigenvalue weighted by molar-refractivity contribution is -0.122. The van der Waals surface area contributed by atoms with Gasteiger partial charge in [0.05, 0.1) is 0 Å². The Morgan fingerprint density at radius 2 is 2.33 bits per heavy atom. The molecule has 0 spiro atoms. The second kappa shape index (κ2) is 5.97. The van der Waals surface area contributed by atoms with Crippen LogP contribution in [0.3, 0.4) is 0 Å². The van der Waals surface area contributed by atoms with Crippen LogP contribution in [0, 0.1) is 19.8 Å². The number of aromatic nitrogens is 3. The van der Waals surface area contributed by atoms with Crippen molar-refractivity contribution in [2.24, 2.45) is 5.92 Å². The smallest absolute Gasteiger partial charge is 0.223 e. The fourth-order valence-corrected chi connectivity index (χ4v) is 3.60. The molecule has 1 amide bonds. The highest BCUT2D eigenvalue weighted by molar-refractivity contribution is 7.12. The molecule has 5 nitrogen and oxygen atoms in total. The third-order valence-electron chi connectivity index (χ3n) is 3.77. The van der Waals surface area contributed by atoms with Gasteiger partial charge in [-0.15, -0.1) is 11.3 Å². The van der Waals surface area contributed by atoms with E-state index in [1.807, 2.05) is 18.3 Å². The van der Waals surface area contributed by atoms with Gasteiger partial charge in [0.15, 0.2) is 5.82 Å². The standard InChI is InChI=1S/C15H20N4OS/c1-9-5-6-13(21-9)11-8-12(11)15(20)16-7-3-4-14-17-10(2)18-19-14/h5-6,11-12H,3-4,7-8H2,1-2H3,(H,16,20)(H,17,18,19)/t11-,12+/m1/s1. The van der Waals surface area contributed by atoms with Crippen LogP contribution < -0.4 is 5.32 Å². The summed E-state index contributed by atoms with van der Waals surface area (Å²) in [6.07, 6.45) is 2.66. The number of hydrogen-bond donors (Lipinski definition) is 2. The highest BCUT2D eigenvalue weighted by Gasteiger charge is 2.44. The number of hydrogen-bond acceptors (Lipinski definition) is 4. The monoisotopic (exact) mass is 304 g/mol. The fraction of sp³-hybridized carbons (Fsp3) is 0.533. The molecule has 112 valence electrons. The lowest BCUT2D eigenvalue weighted by Crippen LogP contribution is -2.26. The maximum absolute atomic E-state index is 12.1. The Balaban J connectivity index is 1.38. The first-order chi connectivity index (χ1) is 10.1. The van der Waals surface area contributed by atoms with Crippen molar-refractivity contribution in [2.75, 3.05) is 6.54 Å². The van der Waals surface area contributed by atoms with Gasteiger partial charge in [0.25, 0.3) is 0 Å². The minimum atomic E-state index is 0.175. The molecule has 1 fully saturated rings. The topological polar surface area (TPSA) is 70.7 Å². The predicted octanol–water partition coefficient (Wildman–Crippen LogP) is 2.34. The molecular weight excluding hydrogens is 284 g/mol. The van der Waals surface area contributed by atoms with E-state index in [1.165, 1.54) is 9.75 Å². The number of rotatable bonds is 6. The molecule has 0 aliphatic heterocycles. The lowest BCUT2D eigenvalue weighted by Gasteiger charge is -2.03. The molecule has 2 aromatic heterocycles. The van der Waals surface area contributed by atoms with Crippen LogP contribution in [-0.4, -0.2) is 27.6 Å². The zero-order valence-electron chi connectivity index (χ0n) is 12.3. The molecule has 0 aromatic carbocycles. The van der Waals surface area contributed by atoms with Crippen molar-refractivity contribution < 1.29 is 4.79 Å². The summed E-state index contributed by atoms with van der Waals surface area (Å²) in [6, 6.07) is 4.29. The Labute approximate surface area is 128 Å². The highest BCUT2D eigenvalue weighted by Crippen LogP contribution is 2.49. The first-order valence-corrected chi connectivity index (χ1v) is 8.17. The largest absolute Gasteiger partial charge is 0.356 e. The Morgan fingerprint density at radius 3 is 3.00 bits per heavy atom. The van der Waals surface area contributed by atoms with Crippen LogP contribution in [0.4, 0.5) is 0 Å². The molecule has 3 rings (SSSR count). The normalized spacial score (nSPS) is 20.5. The summed E-state index contributed by atoms with van der Waals surface area (Å²) in [5, 5.41) is 9.94. The van der Waals surface area contributed by atoms with E-state index in [-0.39, 0.29) is 11.8 Å². The quantitative estimate of drug-likeness (QED) is 0.805. The van der Waals surface area contributed by atoms with Crippen molar-refractivity contribution >= 4 is 17.2 Å². The molecule has 2 heterocycles. The first kappa shape index (κ1) is 14.3. The van der Waals surface area contributed by atoms with Crippen LogP contribution >= 0.6 is 11.3 Å². The Kier molecular flexibility index (Phi) is 4.05. The minimum absolute atomic E-state index is 0.175. The van der Waals surface area contributed by atoms with Gasteiger partial charge in [0.2, 0.25) is 5.91 Å². The van der Waals surface area contributed by atoms with Gasteiger partial charge >= 0.3 is 0 Å². The van der Waals surface area contributed by atoms with Crippen LogP contribution in [0.2, 0.25) is 0 Å². The molecule has 21 heavy (non-hydrogen) atoms. The number of carbonyl (C=O) groups excluding carboxylic acids is 1. The molecule has 1 aliphatic rings. The van der Waals surface area contributed by atoms with E-state index in [1.54, 1.807) is 0 Å². The molecular formula is C15H20N4OS. The molecule has 2 N–H and O–H groups in total. The summed E-state index contributed by atoms with van der Waals surface area (Å²) in [6.45, 7) is 4.69. The van der Waals surface area contributed by atoms with Crippen LogP contribution in [0.1, 0.15) is 40.2 Å². The summed E-state index contributed by atoms with van der Waals surface area (Å²) >= 11 is 1.81. The Hall–Kier alpha value is -1.69. The Morgan fingerprint density at radius 1 is 1.48 bits per heavy atom. The zero-order valence-corrected chi connectivity index (χ0v) is 13.2. The molecule has 2 aromatic rings. The number of aryl methyl sites for hydroxylation is 3. The molecule has 1 aliphatic carbocycles. The van der Waals surface area contributed by atoms with Gasteiger partial charge in [-0.25, -0.2) is 4.98 Å². The highest BCUT2D eigenvalue weighted by atomic mass is 32.1. The van der Waals surface area contributed by atoms with E-state index in [9.17, 15) is 4.79 Å². The van der Waals surface area contributed by atoms with E-state index in [4.69, 9.17) is 0 Å². The van der Waals surface area contributed by atoms with Gasteiger partial charge in [0.1, 0.15) is 5.82 Å². The summed E-state index contributed by atoms with van der Waals surface area (Å²) in [4.78, 5) is 19.0. The van der Waals surface area contributed by atoms with Crippen LogP contribution in [0.25, 0.3) is 0 Å². The Bertz CT molecular complexity index is 633. The van der Waals surface area contributed by atoms with Gasteiger partial charge in [0, 0.05) is 34.6 Å². The summed E-state index contributed by atoms with van der Waals surface area (Å²) in [5.41, 5.74) is 0. The second-order valence-corrected chi connectivity index (χ2v) is 6.95. The van der Waals surface area contributed by atoms with Gasteiger partial charge in [-0.05, 0) is 38.8 Å². The van der Waals surface area contributed by atoms with E-state index >= 15 is 0 Å². The summed E-state index contributed by atoms with van der Waals surface area (Å²) < 4.78 is 0. The summed E-state index contributed by atoms with van der Waals surface area (Å²) in [5.74, 6) is 2.46. The molecule has 6 heteroatoms. The summed E-state index contributed by atoms with van der Waals surface area (Å²) in [7, 11) is 0. The fourth-order valence-electron chi connectivity index (χ4n) is 2.54. The molecule has 0 saturated heterocycles.